The Bertz CT molecular complexity index is 1070. The molecule has 29 heavy (non-hydrogen) atoms. The summed E-state index contributed by atoms with van der Waals surface area (Å²) in [6.45, 7) is 6.92. The molecule has 0 aliphatic rings. The van der Waals surface area contributed by atoms with E-state index in [9.17, 15) is 19.8 Å². The van der Waals surface area contributed by atoms with Crippen LogP contribution in [0.4, 0.5) is 0 Å². The van der Waals surface area contributed by atoms with Crippen molar-refractivity contribution in [3.63, 3.8) is 0 Å². The highest BCUT2D eigenvalue weighted by molar-refractivity contribution is 5.46. The first-order chi connectivity index (χ1) is 13.7. The van der Waals surface area contributed by atoms with Crippen LogP contribution in [-0.2, 0) is 0 Å². The summed E-state index contributed by atoms with van der Waals surface area (Å²) in [4.78, 5) is 24.3. The maximum Gasteiger partial charge on any atom is 0.227 e. The number of rotatable bonds is 5. The fourth-order valence-corrected chi connectivity index (χ4v) is 3.08. The Kier molecular flexibility index (Phi) is 5.50. The van der Waals surface area contributed by atoms with Gasteiger partial charge in [0.1, 0.15) is 23.2 Å². The van der Waals surface area contributed by atoms with E-state index in [1.54, 1.807) is 38.1 Å². The lowest BCUT2D eigenvalue weighted by molar-refractivity contribution is 0.242. The molecular weight excluding hydrogens is 376 g/mol. The van der Waals surface area contributed by atoms with E-state index < -0.39 is 28.3 Å². The molecule has 0 radical (unpaired) electrons. The molecule has 3 aromatic rings. The standard InChI is InChI=1S/C22H22O7/c1-11(2)27-15-7-5-14(6-8-15)18(21-19(25)16(23)9-12(3)28-21)22-20(26)17(24)10-13(4)29-22/h5-11,18,25-26H,1-4H3. The third-order valence-corrected chi connectivity index (χ3v) is 4.25. The lowest BCUT2D eigenvalue weighted by atomic mass is 9.91. The van der Waals surface area contributed by atoms with Gasteiger partial charge >= 0.3 is 0 Å². The van der Waals surface area contributed by atoms with Crippen LogP contribution < -0.4 is 15.6 Å². The summed E-state index contributed by atoms with van der Waals surface area (Å²) >= 11 is 0. The molecule has 0 aliphatic carbocycles. The van der Waals surface area contributed by atoms with E-state index in [4.69, 9.17) is 13.6 Å². The maximum absolute atomic E-state index is 12.1. The van der Waals surface area contributed by atoms with Gasteiger partial charge in [-0.3, -0.25) is 9.59 Å². The van der Waals surface area contributed by atoms with Crippen LogP contribution in [0.1, 0.15) is 48.4 Å². The van der Waals surface area contributed by atoms with Gasteiger partial charge in [-0.15, -0.1) is 0 Å². The van der Waals surface area contributed by atoms with Gasteiger partial charge in [-0.05, 0) is 45.4 Å². The summed E-state index contributed by atoms with van der Waals surface area (Å²) < 4.78 is 16.9. The van der Waals surface area contributed by atoms with E-state index in [0.717, 1.165) is 12.1 Å². The Hall–Kier alpha value is -3.48. The first kappa shape index (κ1) is 20.3. The molecule has 2 N–H and O–H groups in total. The normalized spacial score (nSPS) is 11.2. The van der Waals surface area contributed by atoms with Crippen molar-refractivity contribution in [1.82, 2.24) is 0 Å². The Labute approximate surface area is 166 Å². The molecule has 2 heterocycles. The van der Waals surface area contributed by atoms with Crippen LogP contribution in [0, 0.1) is 13.8 Å². The number of benzene rings is 1. The van der Waals surface area contributed by atoms with Gasteiger partial charge in [-0.1, -0.05) is 12.1 Å². The minimum atomic E-state index is -1.02. The van der Waals surface area contributed by atoms with Crippen LogP contribution in [0.5, 0.6) is 17.2 Å². The summed E-state index contributed by atoms with van der Waals surface area (Å²) in [7, 11) is 0. The summed E-state index contributed by atoms with van der Waals surface area (Å²) in [6, 6.07) is 9.10. The highest BCUT2D eigenvalue weighted by atomic mass is 16.5. The van der Waals surface area contributed by atoms with Crippen molar-refractivity contribution in [3.8, 4) is 17.2 Å². The first-order valence-corrected chi connectivity index (χ1v) is 9.11. The van der Waals surface area contributed by atoms with Gasteiger partial charge in [0.2, 0.25) is 22.4 Å². The van der Waals surface area contributed by atoms with Crippen molar-refractivity contribution in [3.05, 3.63) is 85.4 Å². The zero-order valence-corrected chi connectivity index (χ0v) is 16.6. The van der Waals surface area contributed by atoms with Gasteiger partial charge in [0.15, 0.2) is 11.5 Å². The van der Waals surface area contributed by atoms with Crippen LogP contribution in [-0.4, -0.2) is 16.3 Å². The first-order valence-electron chi connectivity index (χ1n) is 9.11. The van der Waals surface area contributed by atoms with Gasteiger partial charge in [-0.25, -0.2) is 0 Å². The van der Waals surface area contributed by atoms with Crippen LogP contribution >= 0.6 is 0 Å². The molecule has 0 aliphatic heterocycles. The van der Waals surface area contributed by atoms with Gasteiger partial charge in [0.05, 0.1) is 6.10 Å². The van der Waals surface area contributed by atoms with Gasteiger partial charge < -0.3 is 23.8 Å². The Morgan fingerprint density at radius 3 is 1.69 bits per heavy atom. The van der Waals surface area contributed by atoms with E-state index in [2.05, 4.69) is 0 Å². The minimum absolute atomic E-state index is 0.0191. The summed E-state index contributed by atoms with van der Waals surface area (Å²) in [5, 5.41) is 20.8. The lowest BCUT2D eigenvalue weighted by Gasteiger charge is -2.19. The van der Waals surface area contributed by atoms with Crippen LogP contribution in [0.2, 0.25) is 0 Å². The molecule has 3 rings (SSSR count). The molecule has 7 nitrogen and oxygen atoms in total. The predicted octanol–water partition coefficient (Wildman–Crippen LogP) is 3.59. The number of hydrogen-bond donors (Lipinski definition) is 2. The fraction of sp³-hybridized carbons (Fsp3) is 0.273. The van der Waals surface area contributed by atoms with E-state index in [1.807, 2.05) is 13.8 Å². The Morgan fingerprint density at radius 2 is 1.28 bits per heavy atom. The van der Waals surface area contributed by atoms with Gasteiger partial charge in [0, 0.05) is 12.1 Å². The predicted molar refractivity (Wildman–Crippen MR) is 106 cm³/mol. The van der Waals surface area contributed by atoms with Gasteiger partial charge in [-0.2, -0.15) is 0 Å². The number of aromatic hydroxyl groups is 2. The highest BCUT2D eigenvalue weighted by Crippen LogP contribution is 2.39. The molecular formula is C22H22O7. The summed E-state index contributed by atoms with van der Waals surface area (Å²) in [6.07, 6.45) is -0.0191. The van der Waals surface area contributed by atoms with Crippen molar-refractivity contribution < 1.29 is 23.8 Å². The zero-order chi connectivity index (χ0) is 21.3. The van der Waals surface area contributed by atoms with Crippen molar-refractivity contribution in [2.45, 2.75) is 39.7 Å². The van der Waals surface area contributed by atoms with E-state index in [-0.39, 0.29) is 29.1 Å². The van der Waals surface area contributed by atoms with Crippen LogP contribution in [0.15, 0.2) is 54.8 Å². The smallest absolute Gasteiger partial charge is 0.227 e. The number of aryl methyl sites for hydroxylation is 2. The Morgan fingerprint density at radius 1 is 0.828 bits per heavy atom. The molecule has 0 saturated heterocycles. The largest absolute Gasteiger partial charge is 0.502 e. The number of hydrogen-bond acceptors (Lipinski definition) is 7. The quantitative estimate of drug-likeness (QED) is 0.676. The highest BCUT2D eigenvalue weighted by Gasteiger charge is 2.31. The van der Waals surface area contributed by atoms with Crippen LogP contribution in [0.3, 0.4) is 0 Å². The molecule has 0 amide bonds. The van der Waals surface area contributed by atoms with E-state index >= 15 is 0 Å². The average Bonchev–Trinajstić information content (AvgIpc) is 2.64. The molecule has 152 valence electrons. The van der Waals surface area contributed by atoms with Crippen molar-refractivity contribution in [1.29, 1.82) is 0 Å². The molecule has 0 saturated carbocycles. The SMILES string of the molecule is Cc1cc(=O)c(O)c(C(c2ccc(OC(C)C)cc2)c2oc(C)cc(=O)c2O)o1. The second-order valence-corrected chi connectivity index (χ2v) is 7.04. The molecule has 7 heteroatoms. The topological polar surface area (TPSA) is 110 Å². The zero-order valence-electron chi connectivity index (χ0n) is 16.6. The monoisotopic (exact) mass is 398 g/mol. The molecule has 0 unspecified atom stereocenters. The van der Waals surface area contributed by atoms with E-state index in [0.29, 0.717) is 11.3 Å². The molecule has 2 aromatic heterocycles. The maximum atomic E-state index is 12.1. The third-order valence-electron chi connectivity index (χ3n) is 4.25. The summed E-state index contributed by atoms with van der Waals surface area (Å²) in [5.41, 5.74) is -0.750. The molecule has 0 atom stereocenters. The summed E-state index contributed by atoms with van der Waals surface area (Å²) in [5.74, 6) is -1.37. The second kappa shape index (κ2) is 7.87. The molecule has 0 fully saturated rings. The minimum Gasteiger partial charge on any atom is -0.502 e. The van der Waals surface area contributed by atoms with Crippen molar-refractivity contribution in [2.75, 3.05) is 0 Å². The average molecular weight is 398 g/mol. The van der Waals surface area contributed by atoms with Gasteiger partial charge in [0.25, 0.3) is 0 Å². The number of ether oxygens (including phenoxy) is 1. The van der Waals surface area contributed by atoms with Crippen LogP contribution in [0.25, 0.3) is 0 Å². The fourth-order valence-electron chi connectivity index (χ4n) is 3.08. The lowest BCUT2D eigenvalue weighted by Crippen LogP contribution is -2.13. The van der Waals surface area contributed by atoms with Crippen molar-refractivity contribution in [2.24, 2.45) is 0 Å². The second-order valence-electron chi connectivity index (χ2n) is 7.04. The Balaban J connectivity index is 2.26. The molecule has 0 bridgehead atoms. The third kappa shape index (κ3) is 4.18. The van der Waals surface area contributed by atoms with Crippen molar-refractivity contribution >= 4 is 0 Å². The molecule has 1 aromatic carbocycles. The molecule has 0 spiro atoms. The van der Waals surface area contributed by atoms with E-state index in [1.165, 1.54) is 0 Å².